The molecule has 0 radical (unpaired) electrons. The number of hydrogen-bond acceptors (Lipinski definition) is 3. The van der Waals surface area contributed by atoms with Crippen LogP contribution in [0.15, 0.2) is 24.3 Å². The summed E-state index contributed by atoms with van der Waals surface area (Å²) < 4.78 is 0. The minimum Gasteiger partial charge on any atom is -0.394 e. The van der Waals surface area contributed by atoms with Gasteiger partial charge in [-0.3, -0.25) is 0 Å². The normalized spacial score (nSPS) is 17.9. The fourth-order valence-electron chi connectivity index (χ4n) is 3.15. The lowest BCUT2D eigenvalue weighted by atomic mass is 10.0. The predicted molar refractivity (Wildman–Crippen MR) is 93.9 cm³/mol. The minimum absolute atomic E-state index is 0.0252. The van der Waals surface area contributed by atoms with E-state index in [-0.39, 0.29) is 18.7 Å². The van der Waals surface area contributed by atoms with Crippen molar-refractivity contribution in [1.29, 1.82) is 0 Å². The van der Waals surface area contributed by atoms with Crippen LogP contribution in [-0.4, -0.2) is 54.9 Å². The number of urea groups is 1. The third-order valence-corrected chi connectivity index (χ3v) is 4.51. The van der Waals surface area contributed by atoms with E-state index in [4.69, 9.17) is 0 Å². The number of likely N-dealkylation sites (tertiary alicyclic amines) is 1. The molecule has 2 amide bonds. The lowest BCUT2D eigenvalue weighted by Gasteiger charge is -2.34. The second-order valence-corrected chi connectivity index (χ2v) is 6.18. The number of anilines is 1. The lowest BCUT2D eigenvalue weighted by Crippen LogP contribution is -2.51. The molecule has 0 spiro atoms. The largest absolute Gasteiger partial charge is 0.394 e. The second kappa shape index (κ2) is 8.77. The minimum atomic E-state index is -0.0518. The number of likely N-dealkylation sites (N-methyl/N-ethyl adjacent to an activating group) is 1. The highest BCUT2D eigenvalue weighted by Gasteiger charge is 2.25. The molecule has 1 fully saturated rings. The van der Waals surface area contributed by atoms with Crippen LogP contribution in [0, 0.1) is 6.92 Å². The maximum absolute atomic E-state index is 12.3. The third kappa shape index (κ3) is 4.86. The molecule has 5 nitrogen and oxygen atoms in total. The third-order valence-electron chi connectivity index (χ3n) is 4.51. The zero-order chi connectivity index (χ0) is 16.7. The monoisotopic (exact) mass is 319 g/mol. The van der Waals surface area contributed by atoms with Crippen LogP contribution in [0.1, 0.15) is 31.7 Å². The molecule has 23 heavy (non-hydrogen) atoms. The van der Waals surface area contributed by atoms with E-state index in [0.29, 0.717) is 6.54 Å². The van der Waals surface area contributed by atoms with Gasteiger partial charge in [-0.2, -0.15) is 0 Å². The van der Waals surface area contributed by atoms with Crippen LogP contribution < -0.4 is 10.2 Å². The summed E-state index contributed by atoms with van der Waals surface area (Å²) in [6, 6.07) is 8.34. The van der Waals surface area contributed by atoms with Crippen molar-refractivity contribution in [2.24, 2.45) is 0 Å². The number of aliphatic hydroxyl groups is 1. The molecule has 0 bridgehead atoms. The summed E-state index contributed by atoms with van der Waals surface area (Å²) >= 11 is 0. The molecule has 1 aromatic carbocycles. The van der Waals surface area contributed by atoms with E-state index in [0.717, 1.165) is 38.9 Å². The first-order valence-electron chi connectivity index (χ1n) is 8.62. The highest BCUT2D eigenvalue weighted by molar-refractivity contribution is 5.74. The zero-order valence-corrected chi connectivity index (χ0v) is 14.3. The second-order valence-electron chi connectivity index (χ2n) is 6.18. The highest BCUT2D eigenvalue weighted by Crippen LogP contribution is 2.17. The lowest BCUT2D eigenvalue weighted by molar-refractivity contribution is 0.108. The van der Waals surface area contributed by atoms with Crippen LogP contribution in [0.5, 0.6) is 0 Å². The summed E-state index contributed by atoms with van der Waals surface area (Å²) in [5, 5.41) is 12.4. The van der Waals surface area contributed by atoms with Gasteiger partial charge in [0.15, 0.2) is 0 Å². The molecular formula is C18H29N3O2. The first-order valence-corrected chi connectivity index (χ1v) is 8.62. The van der Waals surface area contributed by atoms with Gasteiger partial charge in [0.2, 0.25) is 0 Å². The van der Waals surface area contributed by atoms with Gasteiger partial charge >= 0.3 is 6.03 Å². The first-order chi connectivity index (χ1) is 11.2. The molecule has 1 aliphatic heterocycles. The molecule has 0 aromatic heterocycles. The molecule has 0 unspecified atom stereocenters. The van der Waals surface area contributed by atoms with Crippen molar-refractivity contribution in [1.82, 2.24) is 10.2 Å². The van der Waals surface area contributed by atoms with Crippen molar-refractivity contribution in [2.75, 3.05) is 37.7 Å². The molecule has 1 saturated heterocycles. The van der Waals surface area contributed by atoms with Crippen LogP contribution in [0.4, 0.5) is 10.5 Å². The smallest absolute Gasteiger partial charge is 0.317 e. The van der Waals surface area contributed by atoms with E-state index in [9.17, 15) is 9.90 Å². The first kappa shape index (κ1) is 17.6. The average Bonchev–Trinajstić information content (AvgIpc) is 2.58. The molecule has 1 aromatic rings. The van der Waals surface area contributed by atoms with Gasteiger partial charge in [-0.05, 0) is 50.8 Å². The summed E-state index contributed by atoms with van der Waals surface area (Å²) in [5.74, 6) is 0. The summed E-state index contributed by atoms with van der Waals surface area (Å²) in [6.07, 6.45) is 3.01. The number of amides is 2. The molecule has 0 aliphatic carbocycles. The molecule has 2 N–H and O–H groups in total. The summed E-state index contributed by atoms with van der Waals surface area (Å²) in [5.41, 5.74) is 2.43. The van der Waals surface area contributed by atoms with Crippen molar-refractivity contribution in [2.45, 2.75) is 39.2 Å². The van der Waals surface area contributed by atoms with E-state index in [1.165, 1.54) is 11.3 Å². The SMILES string of the molecule is CCN(CCNC(=O)N1CCCC[C@@H]1CO)c1cccc(C)c1. The number of hydrogen-bond donors (Lipinski definition) is 2. The van der Waals surface area contributed by atoms with Crippen molar-refractivity contribution in [3.8, 4) is 0 Å². The molecule has 0 saturated carbocycles. The Hall–Kier alpha value is -1.75. The number of carbonyl (C=O) groups excluding carboxylic acids is 1. The number of nitrogens with zero attached hydrogens (tertiary/aromatic N) is 2. The van der Waals surface area contributed by atoms with Crippen molar-refractivity contribution < 1.29 is 9.90 Å². The van der Waals surface area contributed by atoms with Gasteiger partial charge in [0, 0.05) is 31.9 Å². The molecule has 128 valence electrons. The van der Waals surface area contributed by atoms with Crippen LogP contribution >= 0.6 is 0 Å². The Bertz CT molecular complexity index is 507. The molecular weight excluding hydrogens is 290 g/mol. The Labute approximate surface area is 139 Å². The molecule has 2 rings (SSSR count). The Kier molecular flexibility index (Phi) is 6.71. The summed E-state index contributed by atoms with van der Waals surface area (Å²) in [7, 11) is 0. The Morgan fingerprint density at radius 3 is 2.96 bits per heavy atom. The van der Waals surface area contributed by atoms with Gasteiger partial charge < -0.3 is 20.2 Å². The molecule has 1 aliphatic rings. The predicted octanol–water partition coefficient (Wildman–Crippen LogP) is 2.38. The van der Waals surface area contributed by atoms with Crippen molar-refractivity contribution in [3.63, 3.8) is 0 Å². The molecule has 1 heterocycles. The zero-order valence-electron chi connectivity index (χ0n) is 14.3. The summed E-state index contributed by atoms with van der Waals surface area (Å²) in [6.45, 7) is 7.30. The Morgan fingerprint density at radius 1 is 1.43 bits per heavy atom. The number of nitrogens with one attached hydrogen (secondary N) is 1. The topological polar surface area (TPSA) is 55.8 Å². The van der Waals surface area contributed by atoms with Crippen LogP contribution in [0.2, 0.25) is 0 Å². The Morgan fingerprint density at radius 2 is 2.26 bits per heavy atom. The summed E-state index contributed by atoms with van der Waals surface area (Å²) in [4.78, 5) is 16.4. The van der Waals surface area contributed by atoms with Gasteiger partial charge in [-0.15, -0.1) is 0 Å². The molecule has 1 atom stereocenters. The van der Waals surface area contributed by atoms with E-state index < -0.39 is 0 Å². The van der Waals surface area contributed by atoms with E-state index >= 15 is 0 Å². The number of piperidine rings is 1. The van der Waals surface area contributed by atoms with E-state index in [1.54, 1.807) is 4.90 Å². The highest BCUT2D eigenvalue weighted by atomic mass is 16.3. The number of rotatable bonds is 6. The molecule has 5 heteroatoms. The van der Waals surface area contributed by atoms with Crippen LogP contribution in [0.3, 0.4) is 0 Å². The number of aliphatic hydroxyl groups excluding tert-OH is 1. The van der Waals surface area contributed by atoms with E-state index in [2.05, 4.69) is 48.3 Å². The van der Waals surface area contributed by atoms with Crippen LogP contribution in [0.25, 0.3) is 0 Å². The van der Waals surface area contributed by atoms with Gasteiger partial charge in [0.25, 0.3) is 0 Å². The quantitative estimate of drug-likeness (QED) is 0.846. The maximum atomic E-state index is 12.3. The Balaban J connectivity index is 1.84. The number of aryl methyl sites for hydroxylation is 1. The van der Waals surface area contributed by atoms with Gasteiger partial charge in [0.1, 0.15) is 0 Å². The maximum Gasteiger partial charge on any atom is 0.317 e. The average molecular weight is 319 g/mol. The van der Waals surface area contributed by atoms with Gasteiger partial charge in [0.05, 0.1) is 12.6 Å². The van der Waals surface area contributed by atoms with Gasteiger partial charge in [-0.25, -0.2) is 4.79 Å². The van der Waals surface area contributed by atoms with Gasteiger partial charge in [-0.1, -0.05) is 12.1 Å². The fourth-order valence-corrected chi connectivity index (χ4v) is 3.15. The van der Waals surface area contributed by atoms with Crippen molar-refractivity contribution >= 4 is 11.7 Å². The number of benzene rings is 1. The number of carbonyl (C=O) groups is 1. The standard InChI is InChI=1S/C18H29N3O2/c1-3-20(16-9-6-7-15(2)13-16)12-10-19-18(23)21-11-5-4-8-17(21)14-22/h6-7,9,13,17,22H,3-5,8,10-12,14H2,1-2H3,(H,19,23)/t17-/m1/s1. The van der Waals surface area contributed by atoms with Crippen LogP contribution in [-0.2, 0) is 0 Å². The van der Waals surface area contributed by atoms with E-state index in [1.807, 2.05) is 0 Å². The fraction of sp³-hybridized carbons (Fsp3) is 0.611. The van der Waals surface area contributed by atoms with Crippen molar-refractivity contribution in [3.05, 3.63) is 29.8 Å².